The molecule has 0 radical (unpaired) electrons. The highest BCUT2D eigenvalue weighted by Crippen LogP contribution is 2.36. The van der Waals surface area contributed by atoms with Crippen LogP contribution in [0.25, 0.3) is 0 Å². The summed E-state index contributed by atoms with van der Waals surface area (Å²) in [5.41, 5.74) is 4.63. The van der Waals surface area contributed by atoms with Gasteiger partial charge in [0.2, 0.25) is 5.91 Å². The summed E-state index contributed by atoms with van der Waals surface area (Å²) in [4.78, 5) is 31.5. The van der Waals surface area contributed by atoms with E-state index >= 15 is 0 Å². The highest BCUT2D eigenvalue weighted by atomic mass is 16.6. The third-order valence-corrected chi connectivity index (χ3v) is 6.49. The molecule has 0 saturated carbocycles. The van der Waals surface area contributed by atoms with Crippen molar-refractivity contribution in [2.75, 3.05) is 39.3 Å². The molecule has 1 fully saturated rings. The Morgan fingerprint density at radius 3 is 2.15 bits per heavy atom. The second kappa shape index (κ2) is 9.56. The highest BCUT2D eigenvalue weighted by molar-refractivity contribution is 5.79. The van der Waals surface area contributed by atoms with Crippen molar-refractivity contribution >= 4 is 12.0 Å². The Morgan fingerprint density at radius 1 is 0.879 bits per heavy atom. The molecule has 33 heavy (non-hydrogen) atoms. The first-order valence-corrected chi connectivity index (χ1v) is 11.9. The molecule has 0 aromatic heterocycles. The van der Waals surface area contributed by atoms with E-state index in [2.05, 4.69) is 60.4 Å². The van der Waals surface area contributed by atoms with Crippen LogP contribution >= 0.6 is 0 Å². The molecule has 2 aliphatic rings. The zero-order valence-corrected chi connectivity index (χ0v) is 20.2. The van der Waals surface area contributed by atoms with E-state index in [0.717, 1.165) is 13.0 Å². The van der Waals surface area contributed by atoms with Gasteiger partial charge in [0.15, 0.2) is 0 Å². The molecular formula is C27H35N3O3. The quantitative estimate of drug-likeness (QED) is 0.710. The fraction of sp³-hybridized carbons (Fsp3) is 0.481. The smallest absolute Gasteiger partial charge is 0.410 e. The average Bonchev–Trinajstić information content (AvgIpc) is 2.78. The first-order chi connectivity index (χ1) is 15.7. The SMILES string of the molecule is Cc1ccccc1C1c2ccccc2CCN1CC(=O)N1CCN(C(=O)OC(C)(C)C)CC1. The molecule has 1 saturated heterocycles. The Labute approximate surface area is 197 Å². The van der Waals surface area contributed by atoms with Crippen LogP contribution in [0.2, 0.25) is 0 Å². The fourth-order valence-corrected chi connectivity index (χ4v) is 4.79. The van der Waals surface area contributed by atoms with Gasteiger partial charge in [-0.3, -0.25) is 9.69 Å². The number of hydrogen-bond acceptors (Lipinski definition) is 4. The Hall–Kier alpha value is -2.86. The molecule has 4 rings (SSSR count). The van der Waals surface area contributed by atoms with E-state index in [0.29, 0.717) is 32.7 Å². The lowest BCUT2D eigenvalue weighted by Crippen LogP contribution is -2.54. The van der Waals surface area contributed by atoms with Gasteiger partial charge in [-0.2, -0.15) is 0 Å². The second-order valence-electron chi connectivity index (χ2n) is 10.0. The maximum atomic E-state index is 13.3. The maximum absolute atomic E-state index is 13.3. The summed E-state index contributed by atoms with van der Waals surface area (Å²) >= 11 is 0. The van der Waals surface area contributed by atoms with Crippen molar-refractivity contribution in [1.29, 1.82) is 0 Å². The highest BCUT2D eigenvalue weighted by Gasteiger charge is 2.33. The van der Waals surface area contributed by atoms with Crippen molar-refractivity contribution in [3.8, 4) is 0 Å². The number of benzene rings is 2. The predicted molar refractivity (Wildman–Crippen MR) is 129 cm³/mol. The number of amides is 2. The van der Waals surface area contributed by atoms with Gasteiger partial charge in [0.1, 0.15) is 5.60 Å². The first kappa shape index (κ1) is 23.3. The minimum atomic E-state index is -0.515. The molecule has 6 nitrogen and oxygen atoms in total. The molecule has 6 heteroatoms. The van der Waals surface area contributed by atoms with Gasteiger partial charge < -0.3 is 14.5 Å². The van der Waals surface area contributed by atoms with Gasteiger partial charge in [-0.05, 0) is 56.4 Å². The number of rotatable bonds is 3. The van der Waals surface area contributed by atoms with Gasteiger partial charge in [0.25, 0.3) is 0 Å². The van der Waals surface area contributed by atoms with E-state index in [1.165, 1.54) is 22.3 Å². The van der Waals surface area contributed by atoms with Gasteiger partial charge in [-0.15, -0.1) is 0 Å². The van der Waals surface area contributed by atoms with Crippen LogP contribution < -0.4 is 0 Å². The lowest BCUT2D eigenvalue weighted by molar-refractivity contribution is -0.134. The van der Waals surface area contributed by atoms with Crippen LogP contribution in [0.1, 0.15) is 49.1 Å². The summed E-state index contributed by atoms with van der Waals surface area (Å²) in [7, 11) is 0. The summed E-state index contributed by atoms with van der Waals surface area (Å²) < 4.78 is 5.48. The summed E-state index contributed by atoms with van der Waals surface area (Å²) in [6.07, 6.45) is 0.639. The molecule has 2 aromatic rings. The second-order valence-corrected chi connectivity index (χ2v) is 10.0. The largest absolute Gasteiger partial charge is 0.444 e. The number of ether oxygens (including phenoxy) is 1. The zero-order valence-electron chi connectivity index (χ0n) is 20.2. The van der Waals surface area contributed by atoms with Crippen LogP contribution in [0.5, 0.6) is 0 Å². The fourth-order valence-electron chi connectivity index (χ4n) is 4.79. The topological polar surface area (TPSA) is 53.1 Å². The number of carbonyl (C=O) groups excluding carboxylic acids is 2. The maximum Gasteiger partial charge on any atom is 0.410 e. The molecule has 2 heterocycles. The Morgan fingerprint density at radius 2 is 1.48 bits per heavy atom. The molecule has 176 valence electrons. The molecule has 0 N–H and O–H groups in total. The number of nitrogens with zero attached hydrogens (tertiary/aromatic N) is 3. The van der Waals surface area contributed by atoms with Gasteiger partial charge in [0, 0.05) is 32.7 Å². The van der Waals surface area contributed by atoms with Crippen LogP contribution in [0.15, 0.2) is 48.5 Å². The monoisotopic (exact) mass is 449 g/mol. The van der Waals surface area contributed by atoms with Crippen LogP contribution in [0.3, 0.4) is 0 Å². The van der Waals surface area contributed by atoms with Crippen molar-refractivity contribution in [2.24, 2.45) is 0 Å². The van der Waals surface area contributed by atoms with Crippen LogP contribution in [-0.2, 0) is 16.0 Å². The van der Waals surface area contributed by atoms with Gasteiger partial charge in [-0.1, -0.05) is 48.5 Å². The molecular weight excluding hydrogens is 414 g/mol. The lowest BCUT2D eigenvalue weighted by Gasteiger charge is -2.40. The molecule has 1 unspecified atom stereocenters. The van der Waals surface area contributed by atoms with Gasteiger partial charge >= 0.3 is 6.09 Å². The number of carbonyl (C=O) groups is 2. The zero-order chi connectivity index (χ0) is 23.6. The normalized spacial score (nSPS) is 19.2. The minimum Gasteiger partial charge on any atom is -0.444 e. The van der Waals surface area contributed by atoms with Crippen molar-refractivity contribution in [1.82, 2.24) is 14.7 Å². The molecule has 2 amide bonds. The third-order valence-electron chi connectivity index (χ3n) is 6.49. The summed E-state index contributed by atoms with van der Waals surface area (Å²) in [5.74, 6) is 0.122. The molecule has 0 aliphatic carbocycles. The first-order valence-electron chi connectivity index (χ1n) is 11.9. The van der Waals surface area contributed by atoms with E-state index in [1.54, 1.807) is 4.90 Å². The van der Waals surface area contributed by atoms with Crippen LogP contribution in [-0.4, -0.2) is 71.6 Å². The van der Waals surface area contributed by atoms with Crippen molar-refractivity contribution in [3.63, 3.8) is 0 Å². The minimum absolute atomic E-state index is 0.0724. The van der Waals surface area contributed by atoms with Crippen molar-refractivity contribution in [3.05, 3.63) is 70.8 Å². The predicted octanol–water partition coefficient (Wildman–Crippen LogP) is 4.02. The van der Waals surface area contributed by atoms with E-state index < -0.39 is 5.60 Å². The lowest BCUT2D eigenvalue weighted by atomic mass is 9.86. The van der Waals surface area contributed by atoms with Gasteiger partial charge in [-0.25, -0.2) is 4.79 Å². The standard InChI is InChI=1S/C27H35N3O3/c1-20-9-5-7-11-22(20)25-23-12-8-6-10-21(23)13-14-30(25)19-24(31)28-15-17-29(18-16-28)26(32)33-27(2,3)4/h5-12,25H,13-19H2,1-4H3. The molecule has 2 aliphatic heterocycles. The number of aryl methyl sites for hydroxylation is 1. The van der Waals surface area contributed by atoms with Crippen molar-refractivity contribution < 1.29 is 14.3 Å². The average molecular weight is 450 g/mol. The summed E-state index contributed by atoms with van der Waals surface area (Å²) in [6, 6.07) is 17.1. The van der Waals surface area contributed by atoms with E-state index in [-0.39, 0.29) is 18.0 Å². The van der Waals surface area contributed by atoms with Crippen LogP contribution in [0.4, 0.5) is 4.79 Å². The van der Waals surface area contributed by atoms with E-state index in [4.69, 9.17) is 4.74 Å². The Balaban J connectivity index is 1.45. The van der Waals surface area contributed by atoms with Crippen LogP contribution in [0, 0.1) is 6.92 Å². The number of fused-ring (bicyclic) bond motifs is 1. The Kier molecular flexibility index (Phi) is 6.75. The summed E-state index contributed by atoms with van der Waals surface area (Å²) in [5, 5.41) is 0. The third kappa shape index (κ3) is 5.38. The Bertz CT molecular complexity index is 1010. The molecule has 0 spiro atoms. The van der Waals surface area contributed by atoms with E-state index in [1.807, 2.05) is 25.7 Å². The van der Waals surface area contributed by atoms with Gasteiger partial charge in [0.05, 0.1) is 12.6 Å². The molecule has 2 aromatic carbocycles. The van der Waals surface area contributed by atoms with Crippen molar-refractivity contribution in [2.45, 2.75) is 45.8 Å². The van der Waals surface area contributed by atoms with E-state index in [9.17, 15) is 9.59 Å². The number of piperazine rings is 1. The summed E-state index contributed by atoms with van der Waals surface area (Å²) in [6.45, 7) is 11.1. The number of hydrogen-bond donors (Lipinski definition) is 0. The molecule has 1 atom stereocenters. The molecule has 0 bridgehead atoms.